The molecule has 5 heteroatoms. The van der Waals surface area contributed by atoms with Crippen molar-refractivity contribution < 1.29 is 19.1 Å². The van der Waals surface area contributed by atoms with Gasteiger partial charge < -0.3 is 14.4 Å². The second-order valence-corrected chi connectivity index (χ2v) is 4.09. The molecule has 114 valence electrons. The van der Waals surface area contributed by atoms with Gasteiger partial charge in [0, 0.05) is 13.1 Å². The predicted octanol–water partition coefficient (Wildman–Crippen LogP) is 2.24. The van der Waals surface area contributed by atoms with Crippen LogP contribution in [0, 0.1) is 0 Å². The van der Waals surface area contributed by atoms with E-state index >= 15 is 0 Å². The maximum absolute atomic E-state index is 10.9. The largest absolute Gasteiger partial charge is 0.469 e. The second-order valence-electron chi connectivity index (χ2n) is 4.09. The minimum Gasteiger partial charge on any atom is -0.469 e. The van der Waals surface area contributed by atoms with Gasteiger partial charge in [0.15, 0.2) is 0 Å². The Kier molecular flexibility index (Phi) is 15.9. The Balaban J connectivity index is 0. The summed E-state index contributed by atoms with van der Waals surface area (Å²) in [5.74, 6) is -0.460. The van der Waals surface area contributed by atoms with Gasteiger partial charge in [0.2, 0.25) is 0 Å². The fourth-order valence-corrected chi connectivity index (χ4v) is 1.13. The third kappa shape index (κ3) is 14.8. The summed E-state index contributed by atoms with van der Waals surface area (Å²) < 4.78 is 9.07. The Labute approximate surface area is 117 Å². The van der Waals surface area contributed by atoms with E-state index in [2.05, 4.69) is 23.3 Å². The molecular weight excluding hydrogens is 246 g/mol. The average Bonchev–Trinajstić information content (AvgIpc) is 2.46. The number of ether oxygens (including phenoxy) is 2. The Hall–Kier alpha value is -1.10. The van der Waals surface area contributed by atoms with Gasteiger partial charge in [-0.25, -0.2) is 0 Å². The maximum atomic E-state index is 10.9. The van der Waals surface area contributed by atoms with Crippen molar-refractivity contribution in [2.45, 2.75) is 46.5 Å². The number of carbonyl (C=O) groups is 2. The lowest BCUT2D eigenvalue weighted by Gasteiger charge is -2.18. The normalized spacial score (nSPS) is 9.58. The molecule has 0 aliphatic heterocycles. The number of unbranched alkanes of at least 4 members (excludes halogenated alkanes) is 1. The summed E-state index contributed by atoms with van der Waals surface area (Å²) in [4.78, 5) is 23.8. The van der Waals surface area contributed by atoms with Gasteiger partial charge in [-0.2, -0.15) is 0 Å². The molecule has 19 heavy (non-hydrogen) atoms. The molecule has 0 aromatic rings. The number of esters is 2. The third-order valence-corrected chi connectivity index (χ3v) is 2.67. The first-order chi connectivity index (χ1) is 9.05. The van der Waals surface area contributed by atoms with Gasteiger partial charge >= 0.3 is 11.9 Å². The first-order valence-corrected chi connectivity index (χ1v) is 6.91. The first-order valence-electron chi connectivity index (χ1n) is 6.91. The molecule has 0 heterocycles. The molecule has 0 rings (SSSR count). The van der Waals surface area contributed by atoms with E-state index in [0.717, 1.165) is 6.54 Å². The fourth-order valence-electron chi connectivity index (χ4n) is 1.13. The van der Waals surface area contributed by atoms with E-state index in [1.165, 1.54) is 27.1 Å². The highest BCUT2D eigenvalue weighted by molar-refractivity contribution is 5.70. The monoisotopic (exact) mass is 275 g/mol. The van der Waals surface area contributed by atoms with Gasteiger partial charge in [-0.1, -0.05) is 33.6 Å². The summed E-state index contributed by atoms with van der Waals surface area (Å²) >= 11 is 0. The first kappa shape index (κ1) is 20.2. The molecule has 0 fully saturated rings. The zero-order valence-corrected chi connectivity index (χ0v) is 13.0. The summed E-state index contributed by atoms with van der Waals surface area (Å²) in [5.41, 5.74) is 0. The van der Waals surface area contributed by atoms with E-state index in [1.54, 1.807) is 0 Å². The van der Waals surface area contributed by atoms with Crippen molar-refractivity contribution in [2.75, 3.05) is 33.9 Å². The molecule has 0 atom stereocenters. The summed E-state index contributed by atoms with van der Waals surface area (Å²) in [7, 11) is 2.74. The molecule has 0 N–H and O–H groups in total. The average molecular weight is 275 g/mol. The highest BCUT2D eigenvalue weighted by atomic mass is 16.5. The fraction of sp³-hybridized carbons (Fsp3) is 0.857. The molecule has 0 spiro atoms. The smallest absolute Gasteiger partial charge is 0.306 e. The Bertz CT molecular complexity index is 209. The number of rotatable bonds is 8. The molecule has 0 aromatic heterocycles. The minimum absolute atomic E-state index is 0.230. The van der Waals surface area contributed by atoms with Crippen LogP contribution in [0.4, 0.5) is 0 Å². The van der Waals surface area contributed by atoms with E-state index in [0.29, 0.717) is 25.9 Å². The van der Waals surface area contributed by atoms with Crippen LogP contribution in [-0.2, 0) is 19.1 Å². The number of hydrogen-bond donors (Lipinski definition) is 0. The van der Waals surface area contributed by atoms with Crippen LogP contribution < -0.4 is 0 Å². The van der Waals surface area contributed by atoms with Crippen molar-refractivity contribution in [3.63, 3.8) is 0 Å². The maximum Gasteiger partial charge on any atom is 0.306 e. The van der Waals surface area contributed by atoms with Gasteiger partial charge in [-0.15, -0.1) is 0 Å². The van der Waals surface area contributed by atoms with Crippen LogP contribution in [0.15, 0.2) is 0 Å². The number of hydrogen-bond acceptors (Lipinski definition) is 5. The lowest BCUT2D eigenvalue weighted by atomic mass is 10.3. The van der Waals surface area contributed by atoms with Crippen LogP contribution in [0.3, 0.4) is 0 Å². The number of nitrogens with zero attached hydrogens (tertiary/aromatic N) is 1. The van der Waals surface area contributed by atoms with E-state index < -0.39 is 0 Å². The predicted molar refractivity (Wildman–Crippen MR) is 76.0 cm³/mol. The van der Waals surface area contributed by atoms with Crippen molar-refractivity contribution in [1.29, 1.82) is 0 Å². The van der Waals surface area contributed by atoms with Crippen LogP contribution in [-0.4, -0.2) is 50.7 Å². The molecule has 0 aromatic carbocycles. The van der Waals surface area contributed by atoms with Crippen LogP contribution in [0.1, 0.15) is 46.5 Å². The van der Waals surface area contributed by atoms with Gasteiger partial charge in [0.25, 0.3) is 0 Å². The van der Waals surface area contributed by atoms with E-state index in [1.807, 2.05) is 11.8 Å². The van der Waals surface area contributed by atoms with E-state index in [4.69, 9.17) is 0 Å². The molecule has 0 saturated heterocycles. The quantitative estimate of drug-likeness (QED) is 0.636. The van der Waals surface area contributed by atoms with Crippen LogP contribution >= 0.6 is 0 Å². The number of methoxy groups -OCH3 is 2. The highest BCUT2D eigenvalue weighted by Crippen LogP contribution is 1.96. The molecule has 0 aliphatic carbocycles. The standard InChI is InChI=1S/C10H19NO4.C4H10/c1-4-11(7-5-9(12)14-2)8-6-10(13)15-3;1-3-4-2/h4-8H2,1-3H3;3-4H2,1-2H3. The Morgan fingerprint density at radius 2 is 1.21 bits per heavy atom. The summed E-state index contributed by atoms with van der Waals surface area (Å²) in [6, 6.07) is 0. The van der Waals surface area contributed by atoms with Crippen LogP contribution in [0.5, 0.6) is 0 Å². The van der Waals surface area contributed by atoms with Gasteiger partial charge in [-0.05, 0) is 6.54 Å². The van der Waals surface area contributed by atoms with E-state index in [-0.39, 0.29) is 11.9 Å². The molecular formula is C14H29NO4. The Morgan fingerprint density at radius 1 is 0.842 bits per heavy atom. The van der Waals surface area contributed by atoms with Crippen molar-refractivity contribution in [3.8, 4) is 0 Å². The van der Waals surface area contributed by atoms with Gasteiger partial charge in [0.05, 0.1) is 27.1 Å². The summed E-state index contributed by atoms with van der Waals surface area (Å²) in [6.07, 6.45) is 3.34. The summed E-state index contributed by atoms with van der Waals surface area (Å²) in [5, 5.41) is 0. The highest BCUT2D eigenvalue weighted by Gasteiger charge is 2.08. The van der Waals surface area contributed by atoms with Crippen LogP contribution in [0.2, 0.25) is 0 Å². The Morgan fingerprint density at radius 3 is 1.42 bits per heavy atom. The van der Waals surface area contributed by atoms with Crippen molar-refractivity contribution in [1.82, 2.24) is 4.90 Å². The van der Waals surface area contributed by atoms with Gasteiger partial charge in [0.1, 0.15) is 0 Å². The van der Waals surface area contributed by atoms with Crippen LogP contribution in [0.25, 0.3) is 0 Å². The van der Waals surface area contributed by atoms with Crippen molar-refractivity contribution in [3.05, 3.63) is 0 Å². The molecule has 5 nitrogen and oxygen atoms in total. The third-order valence-electron chi connectivity index (χ3n) is 2.67. The number of carbonyl (C=O) groups excluding carboxylic acids is 2. The lowest BCUT2D eigenvalue weighted by Crippen LogP contribution is -2.29. The molecule has 0 bridgehead atoms. The lowest BCUT2D eigenvalue weighted by molar-refractivity contribution is -0.141. The van der Waals surface area contributed by atoms with Crippen molar-refractivity contribution >= 4 is 11.9 Å². The molecule has 0 aliphatic rings. The second kappa shape index (κ2) is 15.0. The van der Waals surface area contributed by atoms with Gasteiger partial charge in [-0.3, -0.25) is 9.59 Å². The molecule has 0 radical (unpaired) electrons. The molecule has 0 unspecified atom stereocenters. The zero-order chi connectivity index (χ0) is 15.1. The zero-order valence-electron chi connectivity index (χ0n) is 13.0. The SMILES string of the molecule is CCCC.CCN(CCC(=O)OC)CCC(=O)OC. The molecule has 0 amide bonds. The summed E-state index contributed by atoms with van der Waals surface area (Å²) in [6.45, 7) is 8.36. The minimum atomic E-state index is -0.230. The molecule has 0 saturated carbocycles. The topological polar surface area (TPSA) is 55.8 Å². The van der Waals surface area contributed by atoms with Crippen molar-refractivity contribution in [2.24, 2.45) is 0 Å². The van der Waals surface area contributed by atoms with E-state index in [9.17, 15) is 9.59 Å².